The van der Waals surface area contributed by atoms with E-state index in [-0.39, 0.29) is 5.76 Å². The molecule has 3 rings (SSSR count). The van der Waals surface area contributed by atoms with E-state index < -0.39 is 5.97 Å². The second-order valence-corrected chi connectivity index (χ2v) is 4.82. The Bertz CT molecular complexity index is 881. The molecule has 3 aromatic rings. The molecule has 2 aromatic heterocycles. The monoisotopic (exact) mass is 280 g/mol. The quantitative estimate of drug-likeness (QED) is 0.799. The normalized spacial score (nSPS) is 10.7. The molecule has 1 aromatic carbocycles. The molecule has 5 nitrogen and oxygen atoms in total. The van der Waals surface area contributed by atoms with Gasteiger partial charge in [0.25, 0.3) is 0 Å². The van der Waals surface area contributed by atoms with Crippen molar-refractivity contribution in [2.45, 2.75) is 13.5 Å². The van der Waals surface area contributed by atoms with Crippen molar-refractivity contribution in [1.82, 2.24) is 4.57 Å². The number of nitriles is 1. The van der Waals surface area contributed by atoms with Gasteiger partial charge in [-0.25, -0.2) is 4.79 Å². The summed E-state index contributed by atoms with van der Waals surface area (Å²) >= 11 is 0. The zero-order valence-corrected chi connectivity index (χ0v) is 11.3. The number of carbonyl (C=O) groups is 1. The number of hydrogen-bond donors (Lipinski definition) is 1. The second kappa shape index (κ2) is 4.84. The number of fused-ring (bicyclic) bond motifs is 1. The Kier molecular flexibility index (Phi) is 2.99. The maximum absolute atomic E-state index is 11.0. The highest BCUT2D eigenvalue weighted by Gasteiger charge is 2.15. The molecule has 0 saturated heterocycles. The van der Waals surface area contributed by atoms with Crippen LogP contribution >= 0.6 is 0 Å². The standard InChI is InChI=1S/C16H12N2O3/c1-10-7-12(21-15(10)16(19)20)9-18-6-5-13-11(8-17)3-2-4-14(13)18/h2-7H,9H2,1H3,(H,19,20). The van der Waals surface area contributed by atoms with Gasteiger partial charge in [0, 0.05) is 22.7 Å². The first kappa shape index (κ1) is 13.0. The van der Waals surface area contributed by atoms with Crippen LogP contribution in [0.25, 0.3) is 10.9 Å². The van der Waals surface area contributed by atoms with E-state index in [1.807, 2.05) is 29.0 Å². The van der Waals surface area contributed by atoms with Gasteiger partial charge in [-0.1, -0.05) is 6.07 Å². The zero-order valence-electron chi connectivity index (χ0n) is 11.3. The summed E-state index contributed by atoms with van der Waals surface area (Å²) in [5, 5.41) is 19.0. The molecule has 0 aliphatic heterocycles. The van der Waals surface area contributed by atoms with Crippen LogP contribution in [0.4, 0.5) is 0 Å². The summed E-state index contributed by atoms with van der Waals surface area (Å²) in [6, 6.07) is 11.3. The van der Waals surface area contributed by atoms with Gasteiger partial charge in [0.1, 0.15) is 5.76 Å². The molecule has 0 saturated carbocycles. The molecule has 2 heterocycles. The predicted octanol–water partition coefficient (Wildman–Crippen LogP) is 3.16. The van der Waals surface area contributed by atoms with Crippen LogP contribution in [-0.2, 0) is 6.54 Å². The fraction of sp³-hybridized carbons (Fsp3) is 0.125. The van der Waals surface area contributed by atoms with Gasteiger partial charge < -0.3 is 14.1 Å². The largest absolute Gasteiger partial charge is 0.475 e. The van der Waals surface area contributed by atoms with Crippen LogP contribution in [0.1, 0.15) is 27.4 Å². The summed E-state index contributed by atoms with van der Waals surface area (Å²) in [5.41, 5.74) is 2.14. The van der Waals surface area contributed by atoms with Crippen LogP contribution in [0.5, 0.6) is 0 Å². The van der Waals surface area contributed by atoms with E-state index in [1.54, 1.807) is 19.1 Å². The third kappa shape index (κ3) is 2.17. The Morgan fingerprint density at radius 2 is 2.24 bits per heavy atom. The van der Waals surface area contributed by atoms with E-state index in [0.29, 0.717) is 23.4 Å². The molecule has 0 aliphatic carbocycles. The number of aromatic nitrogens is 1. The summed E-state index contributed by atoms with van der Waals surface area (Å²) in [6.45, 7) is 2.13. The van der Waals surface area contributed by atoms with Crippen LogP contribution in [0, 0.1) is 18.3 Å². The van der Waals surface area contributed by atoms with Gasteiger partial charge in [-0.15, -0.1) is 0 Å². The van der Waals surface area contributed by atoms with E-state index in [9.17, 15) is 4.79 Å². The number of nitrogens with zero attached hydrogens (tertiary/aromatic N) is 2. The SMILES string of the molecule is Cc1cc(Cn2ccc3c(C#N)cccc32)oc1C(=O)O. The van der Waals surface area contributed by atoms with Crippen LogP contribution in [0.15, 0.2) is 40.9 Å². The molecule has 21 heavy (non-hydrogen) atoms. The topological polar surface area (TPSA) is 79.2 Å². The molecule has 104 valence electrons. The van der Waals surface area contributed by atoms with Crippen molar-refractivity contribution in [1.29, 1.82) is 5.26 Å². The molecular weight excluding hydrogens is 268 g/mol. The van der Waals surface area contributed by atoms with Crippen molar-refractivity contribution in [2.75, 3.05) is 0 Å². The van der Waals surface area contributed by atoms with Gasteiger partial charge in [0.05, 0.1) is 18.2 Å². The first-order valence-electron chi connectivity index (χ1n) is 6.40. The molecule has 0 radical (unpaired) electrons. The van der Waals surface area contributed by atoms with Gasteiger partial charge in [0.15, 0.2) is 0 Å². The van der Waals surface area contributed by atoms with Gasteiger partial charge in [-0.05, 0) is 31.2 Å². The van der Waals surface area contributed by atoms with Gasteiger partial charge in [-0.3, -0.25) is 0 Å². The number of hydrogen-bond acceptors (Lipinski definition) is 3. The number of aromatic carboxylic acids is 1. The fourth-order valence-electron chi connectivity index (χ4n) is 2.47. The van der Waals surface area contributed by atoms with Crippen molar-refractivity contribution in [3.05, 3.63) is 59.2 Å². The lowest BCUT2D eigenvalue weighted by Crippen LogP contribution is -1.97. The molecule has 1 N–H and O–H groups in total. The maximum atomic E-state index is 11.0. The number of benzene rings is 1. The van der Waals surface area contributed by atoms with E-state index in [0.717, 1.165) is 10.9 Å². The Morgan fingerprint density at radius 1 is 1.43 bits per heavy atom. The Hall–Kier alpha value is -3.00. The van der Waals surface area contributed by atoms with Crippen molar-refractivity contribution in [3.8, 4) is 6.07 Å². The van der Waals surface area contributed by atoms with Crippen molar-refractivity contribution in [3.63, 3.8) is 0 Å². The first-order valence-corrected chi connectivity index (χ1v) is 6.40. The van der Waals surface area contributed by atoms with Crippen LogP contribution in [0.3, 0.4) is 0 Å². The number of furan rings is 1. The summed E-state index contributed by atoms with van der Waals surface area (Å²) in [7, 11) is 0. The average Bonchev–Trinajstić information content (AvgIpc) is 3.03. The van der Waals surface area contributed by atoms with Crippen molar-refractivity contribution in [2.24, 2.45) is 0 Å². The maximum Gasteiger partial charge on any atom is 0.372 e. The van der Waals surface area contributed by atoms with Gasteiger partial charge in [0.2, 0.25) is 5.76 Å². The number of carboxylic acids is 1. The highest BCUT2D eigenvalue weighted by atomic mass is 16.4. The van der Waals surface area contributed by atoms with Crippen molar-refractivity contribution >= 4 is 16.9 Å². The van der Waals surface area contributed by atoms with Crippen LogP contribution in [-0.4, -0.2) is 15.6 Å². The van der Waals surface area contributed by atoms with Crippen LogP contribution < -0.4 is 0 Å². The Morgan fingerprint density at radius 3 is 2.90 bits per heavy atom. The smallest absolute Gasteiger partial charge is 0.372 e. The fourth-order valence-corrected chi connectivity index (χ4v) is 2.47. The number of aryl methyl sites for hydroxylation is 1. The zero-order chi connectivity index (χ0) is 15.0. The first-order chi connectivity index (χ1) is 10.1. The minimum atomic E-state index is -1.07. The molecule has 0 atom stereocenters. The molecule has 0 bridgehead atoms. The average molecular weight is 280 g/mol. The molecule has 5 heteroatoms. The lowest BCUT2D eigenvalue weighted by atomic mass is 10.1. The van der Waals surface area contributed by atoms with Gasteiger partial charge >= 0.3 is 5.97 Å². The highest BCUT2D eigenvalue weighted by Crippen LogP contribution is 2.22. The van der Waals surface area contributed by atoms with E-state index in [2.05, 4.69) is 6.07 Å². The predicted molar refractivity (Wildman–Crippen MR) is 76.2 cm³/mol. The molecular formula is C16H12N2O3. The van der Waals surface area contributed by atoms with E-state index in [1.165, 1.54) is 0 Å². The minimum absolute atomic E-state index is 0.0285. The Balaban J connectivity index is 2.01. The summed E-state index contributed by atoms with van der Waals surface area (Å²) in [6.07, 6.45) is 1.86. The molecule has 0 unspecified atom stereocenters. The third-order valence-corrected chi connectivity index (χ3v) is 3.42. The third-order valence-electron chi connectivity index (χ3n) is 3.42. The van der Waals surface area contributed by atoms with E-state index >= 15 is 0 Å². The van der Waals surface area contributed by atoms with Crippen molar-refractivity contribution < 1.29 is 14.3 Å². The Labute approximate surface area is 120 Å². The van der Waals surface area contributed by atoms with Gasteiger partial charge in [-0.2, -0.15) is 5.26 Å². The molecule has 0 amide bonds. The van der Waals surface area contributed by atoms with E-state index in [4.69, 9.17) is 14.8 Å². The van der Waals surface area contributed by atoms with Crippen LogP contribution in [0.2, 0.25) is 0 Å². The second-order valence-electron chi connectivity index (χ2n) is 4.82. The summed E-state index contributed by atoms with van der Waals surface area (Å²) in [4.78, 5) is 11.0. The lowest BCUT2D eigenvalue weighted by molar-refractivity contribution is 0.0659. The number of rotatable bonds is 3. The highest BCUT2D eigenvalue weighted by molar-refractivity contribution is 5.87. The molecule has 0 aliphatic rings. The molecule has 0 spiro atoms. The minimum Gasteiger partial charge on any atom is -0.475 e. The molecule has 0 fully saturated rings. The lowest BCUT2D eigenvalue weighted by Gasteiger charge is -2.03. The number of carboxylic acid groups (broad SMARTS) is 1. The summed E-state index contributed by atoms with van der Waals surface area (Å²) in [5.74, 6) is -0.521. The summed E-state index contributed by atoms with van der Waals surface area (Å²) < 4.78 is 7.30.